The van der Waals surface area contributed by atoms with Gasteiger partial charge in [-0.1, -0.05) is 22.0 Å². The molecule has 0 aromatic heterocycles. The average Bonchev–Trinajstić information content (AvgIpc) is 2.37. The summed E-state index contributed by atoms with van der Waals surface area (Å²) in [7, 11) is 0. The standard InChI is InChI=1S/C15H17BrFNO4/c1-3-22-15(21)8-13(18-14(20)6-9(2)19)11-5-4-10(17)7-12(11)16/h4-5,7,13H,3,6,8H2,1-2H3,(H,18,20)/t13-/m1/s1. The summed E-state index contributed by atoms with van der Waals surface area (Å²) in [6.07, 6.45) is -0.389. The molecule has 1 rings (SSSR count). The molecule has 1 aromatic rings. The van der Waals surface area contributed by atoms with E-state index in [1.54, 1.807) is 6.92 Å². The first-order valence-electron chi connectivity index (χ1n) is 6.72. The summed E-state index contributed by atoms with van der Waals surface area (Å²) < 4.78 is 18.5. The lowest BCUT2D eigenvalue weighted by molar-refractivity contribution is -0.143. The molecule has 0 heterocycles. The number of hydrogen-bond acceptors (Lipinski definition) is 4. The first-order valence-corrected chi connectivity index (χ1v) is 7.52. The second-order valence-electron chi connectivity index (χ2n) is 4.67. The van der Waals surface area contributed by atoms with Crippen molar-refractivity contribution >= 4 is 33.6 Å². The fourth-order valence-corrected chi connectivity index (χ4v) is 2.51. The maximum Gasteiger partial charge on any atom is 0.308 e. The molecule has 5 nitrogen and oxygen atoms in total. The van der Waals surface area contributed by atoms with E-state index >= 15 is 0 Å². The summed E-state index contributed by atoms with van der Waals surface area (Å²) in [5.74, 6) is -1.73. The van der Waals surface area contributed by atoms with Crippen LogP contribution in [0.5, 0.6) is 0 Å². The van der Waals surface area contributed by atoms with Gasteiger partial charge in [-0.15, -0.1) is 0 Å². The third kappa shape index (κ3) is 5.93. The fourth-order valence-electron chi connectivity index (χ4n) is 1.88. The van der Waals surface area contributed by atoms with Crippen LogP contribution in [-0.2, 0) is 19.1 Å². The molecule has 0 spiro atoms. The van der Waals surface area contributed by atoms with E-state index < -0.39 is 23.7 Å². The quantitative estimate of drug-likeness (QED) is 0.589. The molecule has 0 saturated carbocycles. The maximum absolute atomic E-state index is 13.2. The average molecular weight is 374 g/mol. The zero-order valence-electron chi connectivity index (χ0n) is 12.3. The molecule has 1 aromatic carbocycles. The minimum absolute atomic E-state index is 0.109. The van der Waals surface area contributed by atoms with Gasteiger partial charge in [-0.2, -0.15) is 0 Å². The molecule has 0 radical (unpaired) electrons. The van der Waals surface area contributed by atoms with Crippen molar-refractivity contribution in [2.75, 3.05) is 6.61 Å². The van der Waals surface area contributed by atoms with Gasteiger partial charge in [0.2, 0.25) is 5.91 Å². The number of rotatable bonds is 7. The van der Waals surface area contributed by atoms with E-state index in [0.29, 0.717) is 10.0 Å². The summed E-state index contributed by atoms with van der Waals surface area (Å²) in [5, 5.41) is 2.60. The van der Waals surface area contributed by atoms with Crippen LogP contribution in [0.2, 0.25) is 0 Å². The van der Waals surface area contributed by atoms with Crippen LogP contribution in [0.4, 0.5) is 4.39 Å². The summed E-state index contributed by atoms with van der Waals surface area (Å²) in [5.41, 5.74) is 0.534. The number of ketones is 1. The number of amides is 1. The van der Waals surface area contributed by atoms with Gasteiger partial charge < -0.3 is 10.1 Å². The zero-order chi connectivity index (χ0) is 16.7. The molecule has 1 amide bonds. The Morgan fingerprint density at radius 1 is 1.36 bits per heavy atom. The smallest absolute Gasteiger partial charge is 0.308 e. The lowest BCUT2D eigenvalue weighted by Crippen LogP contribution is -2.31. The van der Waals surface area contributed by atoms with E-state index in [2.05, 4.69) is 21.2 Å². The monoisotopic (exact) mass is 373 g/mol. The highest BCUT2D eigenvalue weighted by atomic mass is 79.9. The molecule has 120 valence electrons. The predicted octanol–water partition coefficient (Wildman–Crippen LogP) is 2.68. The van der Waals surface area contributed by atoms with Gasteiger partial charge in [-0.3, -0.25) is 14.4 Å². The highest BCUT2D eigenvalue weighted by Gasteiger charge is 2.22. The van der Waals surface area contributed by atoms with Crippen molar-refractivity contribution < 1.29 is 23.5 Å². The molecule has 1 N–H and O–H groups in total. The van der Waals surface area contributed by atoms with Crippen molar-refractivity contribution in [1.82, 2.24) is 5.32 Å². The van der Waals surface area contributed by atoms with Crippen molar-refractivity contribution in [3.05, 3.63) is 34.1 Å². The Hall–Kier alpha value is -1.76. The zero-order valence-corrected chi connectivity index (χ0v) is 13.9. The number of benzene rings is 1. The largest absolute Gasteiger partial charge is 0.466 e. The van der Waals surface area contributed by atoms with E-state index in [1.807, 2.05) is 0 Å². The van der Waals surface area contributed by atoms with Gasteiger partial charge in [0.1, 0.15) is 11.6 Å². The third-order valence-electron chi connectivity index (χ3n) is 2.76. The minimum Gasteiger partial charge on any atom is -0.466 e. The number of nitrogens with one attached hydrogen (secondary N) is 1. The van der Waals surface area contributed by atoms with Crippen molar-refractivity contribution in [2.24, 2.45) is 0 Å². The lowest BCUT2D eigenvalue weighted by Gasteiger charge is -2.19. The van der Waals surface area contributed by atoms with Gasteiger partial charge in [-0.25, -0.2) is 4.39 Å². The minimum atomic E-state index is -0.708. The van der Waals surface area contributed by atoms with Crippen molar-refractivity contribution in [3.8, 4) is 0 Å². The summed E-state index contributed by atoms with van der Waals surface area (Å²) in [4.78, 5) is 34.5. The van der Waals surface area contributed by atoms with E-state index in [0.717, 1.165) is 0 Å². The molecule has 0 aliphatic carbocycles. The normalized spacial score (nSPS) is 11.6. The van der Waals surface area contributed by atoms with Gasteiger partial charge >= 0.3 is 5.97 Å². The number of carbonyl (C=O) groups excluding carboxylic acids is 3. The molecule has 1 atom stereocenters. The molecule has 22 heavy (non-hydrogen) atoms. The summed E-state index contributed by atoms with van der Waals surface area (Å²) in [6, 6.07) is 3.23. The second kappa shape index (κ2) is 8.63. The Morgan fingerprint density at radius 3 is 2.59 bits per heavy atom. The first-order chi connectivity index (χ1) is 10.3. The predicted molar refractivity (Wildman–Crippen MR) is 81.5 cm³/mol. The van der Waals surface area contributed by atoms with Crippen molar-refractivity contribution in [2.45, 2.75) is 32.7 Å². The van der Waals surface area contributed by atoms with Crippen LogP contribution in [0.25, 0.3) is 0 Å². The number of halogens is 2. The number of carbonyl (C=O) groups is 3. The molecule has 0 fully saturated rings. The Balaban J connectivity index is 2.96. The number of hydrogen-bond donors (Lipinski definition) is 1. The van der Waals surface area contributed by atoms with Crippen LogP contribution < -0.4 is 5.32 Å². The van der Waals surface area contributed by atoms with Gasteiger partial charge in [-0.05, 0) is 31.5 Å². The molecular weight excluding hydrogens is 357 g/mol. The molecule has 7 heteroatoms. The lowest BCUT2D eigenvalue weighted by atomic mass is 10.0. The van der Waals surface area contributed by atoms with Crippen molar-refractivity contribution in [1.29, 1.82) is 0 Å². The Morgan fingerprint density at radius 2 is 2.05 bits per heavy atom. The Bertz CT molecular complexity index is 577. The topological polar surface area (TPSA) is 72.5 Å². The van der Waals surface area contributed by atoms with Crippen LogP contribution in [0.3, 0.4) is 0 Å². The molecule has 0 aliphatic rings. The third-order valence-corrected chi connectivity index (χ3v) is 3.45. The van der Waals surface area contributed by atoms with E-state index in [4.69, 9.17) is 4.74 Å². The van der Waals surface area contributed by atoms with Gasteiger partial charge in [0, 0.05) is 4.47 Å². The van der Waals surface area contributed by atoms with E-state index in [9.17, 15) is 18.8 Å². The Kier molecular flexibility index (Phi) is 7.17. The van der Waals surface area contributed by atoms with Crippen LogP contribution in [0.15, 0.2) is 22.7 Å². The molecule has 0 unspecified atom stereocenters. The molecule has 0 aliphatic heterocycles. The molecule has 0 bridgehead atoms. The number of esters is 1. The van der Waals surface area contributed by atoms with Gasteiger partial charge in [0.15, 0.2) is 0 Å². The highest BCUT2D eigenvalue weighted by Crippen LogP contribution is 2.27. The second-order valence-corrected chi connectivity index (χ2v) is 5.53. The van der Waals surface area contributed by atoms with Crippen LogP contribution in [-0.4, -0.2) is 24.3 Å². The molecular formula is C15H17BrFNO4. The van der Waals surface area contributed by atoms with Gasteiger partial charge in [0.05, 0.1) is 25.5 Å². The number of ether oxygens (including phenoxy) is 1. The SMILES string of the molecule is CCOC(=O)C[C@@H](NC(=O)CC(C)=O)c1ccc(F)cc1Br. The van der Waals surface area contributed by atoms with Crippen molar-refractivity contribution in [3.63, 3.8) is 0 Å². The van der Waals surface area contributed by atoms with Crippen LogP contribution in [0, 0.1) is 5.82 Å². The van der Waals surface area contributed by atoms with Gasteiger partial charge in [0.25, 0.3) is 0 Å². The van der Waals surface area contributed by atoms with E-state index in [1.165, 1.54) is 25.1 Å². The molecule has 0 saturated heterocycles. The van der Waals surface area contributed by atoms with E-state index in [-0.39, 0.29) is 25.2 Å². The number of Topliss-reactive ketones (excluding diaryl/α,β-unsaturated/α-hetero) is 1. The summed E-state index contributed by atoms with van der Waals surface area (Å²) >= 11 is 3.21. The fraction of sp³-hybridized carbons (Fsp3) is 0.400. The van der Waals surface area contributed by atoms with Crippen LogP contribution in [0.1, 0.15) is 38.3 Å². The maximum atomic E-state index is 13.2. The highest BCUT2D eigenvalue weighted by molar-refractivity contribution is 9.10. The Labute approximate surface area is 136 Å². The van der Waals surface area contributed by atoms with Crippen LogP contribution >= 0.6 is 15.9 Å². The first kappa shape index (κ1) is 18.3. The summed E-state index contributed by atoms with van der Waals surface area (Å²) in [6.45, 7) is 3.19.